The fourth-order valence-corrected chi connectivity index (χ4v) is 5.42. The Balaban J connectivity index is 1.51. The summed E-state index contributed by atoms with van der Waals surface area (Å²) in [6.45, 7) is 6.63. The molecule has 0 bridgehead atoms. The molecule has 0 aromatic heterocycles. The topological polar surface area (TPSA) is 64.6 Å². The highest BCUT2D eigenvalue weighted by molar-refractivity contribution is 5.78. The van der Waals surface area contributed by atoms with E-state index in [-0.39, 0.29) is 36.0 Å². The standard InChI is InChI=1S/C18H27NO4/c1-8(2)18(3,7-19-4)17(21)22-12-6-10-9-5-11-14(13(9)10)15(12)23-16(11)20/h8-15,19H,5-7H2,1-4H3. The van der Waals surface area contributed by atoms with Crippen LogP contribution < -0.4 is 5.32 Å². The molecule has 8 unspecified atom stereocenters. The fraction of sp³-hybridized carbons (Fsp3) is 0.889. The van der Waals surface area contributed by atoms with Crippen molar-refractivity contribution >= 4 is 11.9 Å². The summed E-state index contributed by atoms with van der Waals surface area (Å²) in [4.78, 5) is 24.9. The molecule has 4 aliphatic rings. The minimum Gasteiger partial charge on any atom is -0.458 e. The number of ether oxygens (including phenoxy) is 2. The van der Waals surface area contributed by atoms with E-state index in [0.29, 0.717) is 30.2 Å². The highest BCUT2D eigenvalue weighted by Gasteiger charge is 2.73. The van der Waals surface area contributed by atoms with Crippen LogP contribution in [0.1, 0.15) is 33.6 Å². The van der Waals surface area contributed by atoms with Crippen molar-refractivity contribution in [2.24, 2.45) is 40.9 Å². The summed E-state index contributed by atoms with van der Waals surface area (Å²) in [5.41, 5.74) is -0.559. The zero-order chi connectivity index (χ0) is 16.5. The Morgan fingerprint density at radius 3 is 2.70 bits per heavy atom. The predicted octanol–water partition coefficient (Wildman–Crippen LogP) is 1.61. The minimum atomic E-state index is -0.559. The van der Waals surface area contributed by atoms with Gasteiger partial charge in [-0.15, -0.1) is 0 Å². The maximum atomic E-state index is 12.8. The van der Waals surface area contributed by atoms with E-state index in [9.17, 15) is 9.59 Å². The van der Waals surface area contributed by atoms with Crippen molar-refractivity contribution in [1.29, 1.82) is 0 Å². The van der Waals surface area contributed by atoms with Crippen LogP contribution >= 0.6 is 0 Å². The number of rotatable bonds is 5. The van der Waals surface area contributed by atoms with Gasteiger partial charge < -0.3 is 14.8 Å². The molecular formula is C18H27NO4. The summed E-state index contributed by atoms with van der Waals surface area (Å²) < 4.78 is 11.6. The SMILES string of the molecule is CNCC(C)(C(=O)OC1CC2C3CC4C(=O)OC1C4C23)C(C)C. The maximum Gasteiger partial charge on any atom is 0.313 e. The summed E-state index contributed by atoms with van der Waals surface area (Å²) in [5, 5.41) is 3.11. The van der Waals surface area contributed by atoms with E-state index in [1.165, 1.54) is 0 Å². The monoisotopic (exact) mass is 321 g/mol. The summed E-state index contributed by atoms with van der Waals surface area (Å²) >= 11 is 0. The van der Waals surface area contributed by atoms with Gasteiger partial charge in [-0.05, 0) is 50.5 Å². The molecule has 5 heteroatoms. The Labute approximate surface area is 137 Å². The van der Waals surface area contributed by atoms with Gasteiger partial charge in [-0.2, -0.15) is 0 Å². The van der Waals surface area contributed by atoms with Crippen LogP contribution in [0.3, 0.4) is 0 Å². The second-order valence-electron chi connectivity index (χ2n) is 8.51. The largest absolute Gasteiger partial charge is 0.458 e. The van der Waals surface area contributed by atoms with Crippen molar-refractivity contribution in [3.63, 3.8) is 0 Å². The normalized spacial score (nSPS) is 45.4. The first kappa shape index (κ1) is 15.4. The highest BCUT2D eigenvalue weighted by atomic mass is 16.6. The van der Waals surface area contributed by atoms with Gasteiger partial charge in [0.25, 0.3) is 0 Å². The number of carbonyl (C=O) groups is 2. The van der Waals surface area contributed by atoms with Gasteiger partial charge in [-0.1, -0.05) is 13.8 Å². The van der Waals surface area contributed by atoms with Gasteiger partial charge in [-0.25, -0.2) is 0 Å². The Morgan fingerprint density at radius 1 is 1.35 bits per heavy atom. The average Bonchev–Trinajstić information content (AvgIpc) is 2.86. The van der Waals surface area contributed by atoms with Crippen molar-refractivity contribution < 1.29 is 19.1 Å². The van der Waals surface area contributed by atoms with Gasteiger partial charge in [0.1, 0.15) is 12.2 Å². The van der Waals surface area contributed by atoms with E-state index in [1.54, 1.807) is 0 Å². The molecule has 1 heterocycles. The molecule has 4 rings (SSSR count). The number of carbonyl (C=O) groups excluding carboxylic acids is 2. The van der Waals surface area contributed by atoms with Crippen molar-refractivity contribution in [3.05, 3.63) is 0 Å². The Hall–Kier alpha value is -1.10. The number of esters is 2. The van der Waals surface area contributed by atoms with Crippen LogP contribution in [-0.4, -0.2) is 37.7 Å². The summed E-state index contributed by atoms with van der Waals surface area (Å²) in [6, 6.07) is 0. The van der Waals surface area contributed by atoms with Crippen molar-refractivity contribution in [2.75, 3.05) is 13.6 Å². The van der Waals surface area contributed by atoms with Crippen molar-refractivity contribution in [2.45, 2.75) is 45.8 Å². The summed E-state index contributed by atoms with van der Waals surface area (Å²) in [7, 11) is 1.85. The number of nitrogens with one attached hydrogen (secondary N) is 1. The van der Waals surface area contributed by atoms with Gasteiger partial charge in [-0.3, -0.25) is 9.59 Å². The van der Waals surface area contributed by atoms with Crippen LogP contribution in [0.5, 0.6) is 0 Å². The first-order valence-electron chi connectivity index (χ1n) is 8.94. The maximum absolute atomic E-state index is 12.8. The van der Waals surface area contributed by atoms with Crippen LogP contribution in [-0.2, 0) is 19.1 Å². The molecule has 128 valence electrons. The second-order valence-corrected chi connectivity index (χ2v) is 8.51. The first-order valence-corrected chi connectivity index (χ1v) is 8.94. The lowest BCUT2D eigenvalue weighted by molar-refractivity contribution is -0.176. The molecule has 0 amide bonds. The van der Waals surface area contributed by atoms with E-state index < -0.39 is 5.41 Å². The lowest BCUT2D eigenvalue weighted by atomic mass is 9.77. The van der Waals surface area contributed by atoms with Gasteiger partial charge >= 0.3 is 11.9 Å². The molecule has 1 N–H and O–H groups in total. The first-order chi connectivity index (χ1) is 10.9. The molecule has 0 radical (unpaired) electrons. The summed E-state index contributed by atoms with van der Waals surface area (Å²) in [5.74, 6) is 2.31. The van der Waals surface area contributed by atoms with Gasteiger partial charge in [0, 0.05) is 12.5 Å². The number of hydrogen-bond donors (Lipinski definition) is 1. The van der Waals surface area contributed by atoms with Gasteiger partial charge in [0.05, 0.1) is 11.3 Å². The highest BCUT2D eigenvalue weighted by Crippen LogP contribution is 2.70. The molecule has 3 aliphatic carbocycles. The predicted molar refractivity (Wildman–Crippen MR) is 83.3 cm³/mol. The molecule has 3 saturated carbocycles. The summed E-state index contributed by atoms with van der Waals surface area (Å²) in [6.07, 6.45) is 1.43. The molecule has 4 fully saturated rings. The Bertz CT molecular complexity index is 547. The molecule has 5 nitrogen and oxygen atoms in total. The quantitative estimate of drug-likeness (QED) is 0.779. The third-order valence-electron chi connectivity index (χ3n) is 7.18. The zero-order valence-corrected chi connectivity index (χ0v) is 14.4. The van der Waals surface area contributed by atoms with E-state index in [0.717, 1.165) is 12.8 Å². The van der Waals surface area contributed by atoms with Crippen molar-refractivity contribution in [1.82, 2.24) is 5.32 Å². The van der Waals surface area contributed by atoms with Crippen LogP contribution in [0.4, 0.5) is 0 Å². The number of hydrogen-bond acceptors (Lipinski definition) is 5. The molecule has 23 heavy (non-hydrogen) atoms. The van der Waals surface area contributed by atoms with E-state index in [4.69, 9.17) is 9.47 Å². The molecule has 0 aromatic carbocycles. The van der Waals surface area contributed by atoms with Crippen LogP contribution in [0.25, 0.3) is 0 Å². The molecule has 1 aliphatic heterocycles. The smallest absolute Gasteiger partial charge is 0.313 e. The fourth-order valence-electron chi connectivity index (χ4n) is 5.42. The Kier molecular flexibility index (Phi) is 3.32. The van der Waals surface area contributed by atoms with E-state index in [1.807, 2.05) is 27.8 Å². The second kappa shape index (κ2) is 4.95. The molecular weight excluding hydrogens is 294 g/mol. The lowest BCUT2D eigenvalue weighted by Crippen LogP contribution is -2.48. The van der Waals surface area contributed by atoms with E-state index >= 15 is 0 Å². The van der Waals surface area contributed by atoms with E-state index in [2.05, 4.69) is 5.32 Å². The van der Waals surface area contributed by atoms with Gasteiger partial charge in [0.15, 0.2) is 0 Å². The van der Waals surface area contributed by atoms with Crippen LogP contribution in [0, 0.1) is 40.9 Å². The van der Waals surface area contributed by atoms with Gasteiger partial charge in [0.2, 0.25) is 0 Å². The molecule has 8 atom stereocenters. The molecule has 0 aromatic rings. The molecule has 1 saturated heterocycles. The van der Waals surface area contributed by atoms with Crippen LogP contribution in [0.15, 0.2) is 0 Å². The van der Waals surface area contributed by atoms with Crippen molar-refractivity contribution in [3.8, 4) is 0 Å². The lowest BCUT2D eigenvalue weighted by Gasteiger charge is -2.37. The minimum absolute atomic E-state index is 0.0595. The average molecular weight is 321 g/mol. The number of fused-ring (bicyclic) bond motifs is 1. The zero-order valence-electron chi connectivity index (χ0n) is 14.4. The Morgan fingerprint density at radius 2 is 2.04 bits per heavy atom. The van der Waals surface area contributed by atoms with Crippen LogP contribution in [0.2, 0.25) is 0 Å². The third kappa shape index (κ3) is 2.01. The molecule has 0 spiro atoms. The third-order valence-corrected chi connectivity index (χ3v) is 7.18.